The number of ether oxygens (including phenoxy) is 3. The fourth-order valence-electron chi connectivity index (χ4n) is 1.05. The molecule has 0 atom stereocenters. The molecule has 0 aliphatic carbocycles. The predicted octanol–water partition coefficient (Wildman–Crippen LogP) is 4.82. The van der Waals surface area contributed by atoms with Crippen molar-refractivity contribution >= 4 is 29.7 Å². The Bertz CT molecular complexity index is 721. The largest absolute Gasteiger partial charge is 0.478 e. The zero-order valence-corrected chi connectivity index (χ0v) is 25.3. The van der Waals surface area contributed by atoms with Crippen LogP contribution in [-0.4, -0.2) is 63.3 Å². The minimum Gasteiger partial charge on any atom is -0.478 e. The van der Waals surface area contributed by atoms with Gasteiger partial charge in [-0.3, -0.25) is 4.79 Å². The quantitative estimate of drug-likeness (QED) is 0.291. The lowest BCUT2D eigenvalue weighted by Gasteiger charge is -2.19. The van der Waals surface area contributed by atoms with Crippen LogP contribution in [-0.2, 0) is 38.2 Å². The number of carboxylic acid groups (broad SMARTS) is 1. The number of carbonyl (C=O) groups excluding carboxylic acids is 4. The summed E-state index contributed by atoms with van der Waals surface area (Å²) in [5, 5.41) is 16.4. The van der Waals surface area contributed by atoms with Crippen LogP contribution in [0.5, 0.6) is 0 Å². The Kier molecular flexibility index (Phi) is 25.1. The van der Waals surface area contributed by atoms with E-state index in [4.69, 9.17) is 19.7 Å². The van der Waals surface area contributed by atoms with Crippen molar-refractivity contribution in [2.45, 2.75) is 114 Å². The first-order valence-electron chi connectivity index (χ1n) is 11.3. The van der Waals surface area contributed by atoms with Gasteiger partial charge in [0.15, 0.2) is 6.61 Å². The highest BCUT2D eigenvalue weighted by atomic mass is 16.6. The van der Waals surface area contributed by atoms with Gasteiger partial charge in [-0.1, -0.05) is 13.2 Å². The molecule has 0 aliphatic rings. The number of ketones is 1. The van der Waals surface area contributed by atoms with E-state index in [9.17, 15) is 24.0 Å². The summed E-state index contributed by atoms with van der Waals surface area (Å²) in [4.78, 5) is 51.2. The molecular weight excluding hydrogens is 484 g/mol. The average Bonchev–Trinajstić information content (AvgIpc) is 2.54. The Labute approximate surface area is 223 Å². The molecule has 2 N–H and O–H groups in total. The van der Waals surface area contributed by atoms with Gasteiger partial charge in [0, 0.05) is 18.1 Å². The molecule has 0 saturated carbocycles. The molecule has 10 nitrogen and oxygen atoms in total. The number of hydrogen-bond donors (Lipinski definition) is 2. The van der Waals surface area contributed by atoms with Gasteiger partial charge in [-0.05, 0) is 90.0 Å². The zero-order chi connectivity index (χ0) is 31.4. The van der Waals surface area contributed by atoms with Crippen LogP contribution in [0.4, 0.5) is 0 Å². The van der Waals surface area contributed by atoms with Crippen molar-refractivity contribution in [2.24, 2.45) is 0 Å². The topological polar surface area (TPSA) is 154 Å². The van der Waals surface area contributed by atoms with E-state index in [1.165, 1.54) is 34.6 Å². The summed E-state index contributed by atoms with van der Waals surface area (Å²) in [6.45, 7) is 29.6. The molecule has 0 saturated heterocycles. The lowest BCUT2D eigenvalue weighted by molar-refractivity contribution is -0.165. The highest BCUT2D eigenvalue weighted by Crippen LogP contribution is 2.07. The van der Waals surface area contributed by atoms with Crippen LogP contribution in [0.3, 0.4) is 0 Å². The Hall–Kier alpha value is -3.01. The molecule has 0 heterocycles. The number of hydrogen-bond acceptors (Lipinski definition) is 9. The normalized spacial score (nSPS) is 9.92. The van der Waals surface area contributed by atoms with Crippen molar-refractivity contribution in [1.29, 1.82) is 0 Å². The molecule has 0 aliphatic heterocycles. The summed E-state index contributed by atoms with van der Waals surface area (Å²) in [7, 11) is 0. The molecule has 37 heavy (non-hydrogen) atoms. The van der Waals surface area contributed by atoms with Crippen LogP contribution < -0.4 is 0 Å². The number of rotatable bonds is 4. The van der Waals surface area contributed by atoms with Crippen molar-refractivity contribution in [3.05, 3.63) is 24.3 Å². The van der Waals surface area contributed by atoms with Gasteiger partial charge >= 0.3 is 23.9 Å². The molecule has 0 radical (unpaired) electrons. The second-order valence-corrected chi connectivity index (χ2v) is 10.8. The molecule has 10 heteroatoms. The fourth-order valence-corrected chi connectivity index (χ4v) is 1.05. The summed E-state index contributed by atoms with van der Waals surface area (Å²) in [6.07, 6.45) is 0. The molecule has 0 aromatic rings. The molecular formula is C27H50O10. The lowest BCUT2D eigenvalue weighted by atomic mass is 10.2. The van der Waals surface area contributed by atoms with Gasteiger partial charge < -0.3 is 29.2 Å². The predicted molar refractivity (Wildman–Crippen MR) is 144 cm³/mol. The summed E-state index contributed by atoms with van der Waals surface area (Å²) < 4.78 is 14.3. The van der Waals surface area contributed by atoms with Gasteiger partial charge in [0.05, 0.1) is 5.60 Å². The molecule has 0 spiro atoms. The Morgan fingerprint density at radius 2 is 0.946 bits per heavy atom. The summed E-state index contributed by atoms with van der Waals surface area (Å²) >= 11 is 0. The smallest absolute Gasteiger partial charge is 0.344 e. The second kappa shape index (κ2) is 21.1. The third-order valence-corrected chi connectivity index (χ3v) is 1.90. The first-order valence-corrected chi connectivity index (χ1v) is 11.3. The van der Waals surface area contributed by atoms with E-state index in [1.807, 2.05) is 20.8 Å². The third kappa shape index (κ3) is 79.3. The van der Waals surface area contributed by atoms with E-state index in [2.05, 4.69) is 17.9 Å². The second-order valence-electron chi connectivity index (χ2n) is 10.8. The Balaban J connectivity index is -0.000000126. The monoisotopic (exact) mass is 534 g/mol. The number of carbonyl (C=O) groups is 5. The standard InChI is InChI=1S/C10H16O4.C6H12O2.C4H6O2.C4H10O.C3H6O/c1-7(2)9(12)13-6-8(11)14-10(3,4)5;1-5(7)8-6(2,3)4;1-3(2)4(5)6;1-4(2,3)5;1-3(2)4/h1,6H2,2-5H3;1-4H3;1H2,2H3,(H,5,6);5H,1-3H3;1-2H3. The minimum atomic E-state index is -0.935. The van der Waals surface area contributed by atoms with E-state index in [0.717, 1.165) is 0 Å². The molecule has 0 aromatic heterocycles. The van der Waals surface area contributed by atoms with Crippen LogP contribution in [0.25, 0.3) is 0 Å². The van der Waals surface area contributed by atoms with Crippen molar-refractivity contribution < 1.29 is 48.4 Å². The summed E-state index contributed by atoms with van der Waals surface area (Å²) in [5.74, 6) is -2.14. The van der Waals surface area contributed by atoms with Gasteiger partial charge in [-0.25, -0.2) is 14.4 Å². The van der Waals surface area contributed by atoms with Gasteiger partial charge in [0.25, 0.3) is 0 Å². The number of Topliss-reactive ketones (excluding diaryl/α,β-unsaturated/α-hetero) is 1. The first kappa shape index (κ1) is 44.0. The fraction of sp³-hybridized carbons (Fsp3) is 0.667. The Morgan fingerprint density at radius 1 is 0.676 bits per heavy atom. The van der Waals surface area contributed by atoms with Crippen LogP contribution in [0.1, 0.15) is 96.9 Å². The number of aliphatic carboxylic acids is 1. The first-order chi connectivity index (χ1) is 16.0. The lowest BCUT2D eigenvalue weighted by Crippen LogP contribution is -2.27. The van der Waals surface area contributed by atoms with E-state index in [-0.39, 0.29) is 35.1 Å². The zero-order valence-electron chi connectivity index (χ0n) is 25.3. The van der Waals surface area contributed by atoms with E-state index in [1.54, 1.807) is 41.5 Å². The van der Waals surface area contributed by atoms with Crippen molar-refractivity contribution in [3.63, 3.8) is 0 Å². The van der Waals surface area contributed by atoms with Gasteiger partial charge in [-0.2, -0.15) is 0 Å². The van der Waals surface area contributed by atoms with Crippen molar-refractivity contribution in [1.82, 2.24) is 0 Å². The highest BCUT2D eigenvalue weighted by molar-refractivity contribution is 5.88. The van der Waals surface area contributed by atoms with Gasteiger partial charge in [0.1, 0.15) is 17.0 Å². The molecule has 218 valence electrons. The van der Waals surface area contributed by atoms with Crippen molar-refractivity contribution in [2.75, 3.05) is 6.61 Å². The third-order valence-electron chi connectivity index (χ3n) is 1.90. The summed E-state index contributed by atoms with van der Waals surface area (Å²) in [6, 6.07) is 0. The molecule has 0 bridgehead atoms. The van der Waals surface area contributed by atoms with E-state index < -0.39 is 29.1 Å². The molecule has 0 fully saturated rings. The minimum absolute atomic E-state index is 0.167. The maximum Gasteiger partial charge on any atom is 0.344 e. The highest BCUT2D eigenvalue weighted by Gasteiger charge is 2.17. The van der Waals surface area contributed by atoms with Crippen LogP contribution in [0.15, 0.2) is 24.3 Å². The summed E-state index contributed by atoms with van der Waals surface area (Å²) in [5.41, 5.74) is -0.956. The SMILES string of the molecule is C=C(C)C(=O)O.C=C(C)C(=O)OCC(=O)OC(C)(C)C.CC(=O)OC(C)(C)C.CC(C)(C)O.CC(C)=O. The van der Waals surface area contributed by atoms with E-state index >= 15 is 0 Å². The van der Waals surface area contributed by atoms with Crippen LogP contribution in [0, 0.1) is 0 Å². The number of aliphatic hydroxyl groups is 1. The molecule has 0 unspecified atom stereocenters. The average molecular weight is 535 g/mol. The van der Waals surface area contributed by atoms with Gasteiger partial charge in [0.2, 0.25) is 0 Å². The maximum absolute atomic E-state index is 11.1. The van der Waals surface area contributed by atoms with E-state index in [0.29, 0.717) is 0 Å². The maximum atomic E-state index is 11.1. The molecule has 0 rings (SSSR count). The van der Waals surface area contributed by atoms with Crippen LogP contribution in [0.2, 0.25) is 0 Å². The number of esters is 3. The molecule has 0 amide bonds. The van der Waals surface area contributed by atoms with Crippen molar-refractivity contribution in [3.8, 4) is 0 Å². The van der Waals surface area contributed by atoms with Crippen LogP contribution >= 0.6 is 0 Å². The number of carboxylic acids is 1. The van der Waals surface area contributed by atoms with Gasteiger partial charge in [-0.15, -0.1) is 0 Å². The molecule has 0 aromatic carbocycles. The Morgan fingerprint density at radius 3 is 1.08 bits per heavy atom.